The molecule has 0 aliphatic rings. The molecule has 0 bridgehead atoms. The number of aryl methyl sites for hydroxylation is 1. The molecule has 1 heterocycles. The molecule has 20 heavy (non-hydrogen) atoms. The minimum absolute atomic E-state index is 0.538. The van der Waals surface area contributed by atoms with Gasteiger partial charge in [-0.1, -0.05) is 42.0 Å². The molecule has 3 aromatic rings. The minimum atomic E-state index is 0.538. The SMILES string of the molecule is Cc1ccc(COc2cccc(-c3nn[nH]n3)c2)cc1. The number of nitrogens with one attached hydrogen (secondary N) is 1. The Morgan fingerprint density at radius 1 is 1.10 bits per heavy atom. The highest BCUT2D eigenvalue weighted by Gasteiger charge is 2.04. The van der Waals surface area contributed by atoms with Gasteiger partial charge in [0.05, 0.1) is 0 Å². The zero-order valence-corrected chi connectivity index (χ0v) is 11.1. The lowest BCUT2D eigenvalue weighted by molar-refractivity contribution is 0.306. The molecule has 0 aliphatic heterocycles. The first-order valence-electron chi connectivity index (χ1n) is 6.33. The quantitative estimate of drug-likeness (QED) is 0.788. The van der Waals surface area contributed by atoms with Gasteiger partial charge in [-0.15, -0.1) is 10.2 Å². The molecule has 5 nitrogen and oxygen atoms in total. The molecule has 0 aliphatic carbocycles. The summed E-state index contributed by atoms with van der Waals surface area (Å²) in [6, 6.07) is 15.9. The Morgan fingerprint density at radius 3 is 2.70 bits per heavy atom. The van der Waals surface area contributed by atoms with Gasteiger partial charge >= 0.3 is 0 Å². The second-order valence-corrected chi connectivity index (χ2v) is 4.54. The van der Waals surface area contributed by atoms with Crippen LogP contribution in [0.2, 0.25) is 0 Å². The highest BCUT2D eigenvalue weighted by Crippen LogP contribution is 2.21. The van der Waals surface area contributed by atoms with Crippen molar-refractivity contribution in [3.05, 3.63) is 59.7 Å². The average molecular weight is 266 g/mol. The predicted octanol–water partition coefficient (Wildman–Crippen LogP) is 2.75. The van der Waals surface area contributed by atoms with E-state index in [1.54, 1.807) is 0 Å². The number of rotatable bonds is 4. The van der Waals surface area contributed by atoms with Gasteiger partial charge in [0.25, 0.3) is 0 Å². The van der Waals surface area contributed by atoms with Crippen LogP contribution in [0, 0.1) is 6.92 Å². The molecule has 0 saturated carbocycles. The number of aromatic amines is 1. The molecular weight excluding hydrogens is 252 g/mol. The van der Waals surface area contributed by atoms with E-state index >= 15 is 0 Å². The first-order valence-corrected chi connectivity index (χ1v) is 6.33. The number of hydrogen-bond acceptors (Lipinski definition) is 4. The van der Waals surface area contributed by atoms with Gasteiger partial charge in [0.15, 0.2) is 0 Å². The fraction of sp³-hybridized carbons (Fsp3) is 0.133. The normalized spacial score (nSPS) is 10.4. The summed E-state index contributed by atoms with van der Waals surface area (Å²) in [7, 11) is 0. The first kappa shape index (κ1) is 12.3. The van der Waals surface area contributed by atoms with Crippen molar-refractivity contribution >= 4 is 0 Å². The van der Waals surface area contributed by atoms with E-state index in [4.69, 9.17) is 4.74 Å². The number of nitrogens with zero attached hydrogens (tertiary/aromatic N) is 3. The molecule has 0 spiro atoms. The van der Waals surface area contributed by atoms with Crippen LogP contribution in [0.25, 0.3) is 11.4 Å². The fourth-order valence-electron chi connectivity index (χ4n) is 1.86. The van der Waals surface area contributed by atoms with Crippen molar-refractivity contribution in [1.29, 1.82) is 0 Å². The molecule has 100 valence electrons. The van der Waals surface area contributed by atoms with E-state index in [1.807, 2.05) is 24.3 Å². The number of hydrogen-bond donors (Lipinski definition) is 1. The van der Waals surface area contributed by atoms with Gasteiger partial charge in [0.2, 0.25) is 5.82 Å². The number of H-pyrrole nitrogens is 1. The van der Waals surface area contributed by atoms with Crippen LogP contribution in [-0.4, -0.2) is 20.6 Å². The van der Waals surface area contributed by atoms with Crippen molar-refractivity contribution in [2.75, 3.05) is 0 Å². The van der Waals surface area contributed by atoms with Gasteiger partial charge < -0.3 is 4.74 Å². The molecule has 0 fully saturated rings. The number of aromatic nitrogens is 4. The second-order valence-electron chi connectivity index (χ2n) is 4.54. The van der Waals surface area contributed by atoms with Gasteiger partial charge in [0, 0.05) is 5.56 Å². The summed E-state index contributed by atoms with van der Waals surface area (Å²) < 4.78 is 5.78. The molecule has 0 saturated heterocycles. The molecule has 5 heteroatoms. The largest absolute Gasteiger partial charge is 0.489 e. The third-order valence-electron chi connectivity index (χ3n) is 2.96. The maximum Gasteiger partial charge on any atom is 0.204 e. The van der Waals surface area contributed by atoms with E-state index in [1.165, 1.54) is 5.56 Å². The summed E-state index contributed by atoms with van der Waals surface area (Å²) >= 11 is 0. The van der Waals surface area contributed by atoms with Crippen molar-refractivity contribution in [3.63, 3.8) is 0 Å². The molecule has 0 amide bonds. The van der Waals surface area contributed by atoms with Crippen molar-refractivity contribution in [2.24, 2.45) is 0 Å². The Labute approximate surface area is 116 Å². The molecule has 0 atom stereocenters. The van der Waals surface area contributed by atoms with Crippen LogP contribution in [0.4, 0.5) is 0 Å². The summed E-state index contributed by atoms with van der Waals surface area (Å²) in [6.07, 6.45) is 0. The van der Waals surface area contributed by atoms with E-state index in [2.05, 4.69) is 51.8 Å². The summed E-state index contributed by atoms with van der Waals surface area (Å²) in [4.78, 5) is 0. The lowest BCUT2D eigenvalue weighted by Crippen LogP contribution is -1.95. The molecule has 0 unspecified atom stereocenters. The van der Waals surface area contributed by atoms with Crippen molar-refractivity contribution in [2.45, 2.75) is 13.5 Å². The number of ether oxygens (including phenoxy) is 1. The Bertz CT molecular complexity index is 677. The lowest BCUT2D eigenvalue weighted by atomic mass is 10.1. The second kappa shape index (κ2) is 5.52. The van der Waals surface area contributed by atoms with Crippen LogP contribution in [0.1, 0.15) is 11.1 Å². The van der Waals surface area contributed by atoms with Crippen molar-refractivity contribution in [1.82, 2.24) is 20.6 Å². The van der Waals surface area contributed by atoms with Crippen LogP contribution in [0.15, 0.2) is 48.5 Å². The van der Waals surface area contributed by atoms with Crippen molar-refractivity contribution < 1.29 is 4.74 Å². The standard InChI is InChI=1S/C15H14N4O/c1-11-5-7-12(8-6-11)10-20-14-4-2-3-13(9-14)15-16-18-19-17-15/h2-9H,10H2,1H3,(H,16,17,18,19). The summed E-state index contributed by atoms with van der Waals surface area (Å²) in [5.74, 6) is 1.35. The highest BCUT2D eigenvalue weighted by molar-refractivity contribution is 5.56. The Kier molecular flexibility index (Phi) is 3.41. The van der Waals surface area contributed by atoms with Crippen molar-refractivity contribution in [3.8, 4) is 17.1 Å². The zero-order valence-electron chi connectivity index (χ0n) is 11.1. The third-order valence-corrected chi connectivity index (χ3v) is 2.96. The highest BCUT2D eigenvalue weighted by atomic mass is 16.5. The third kappa shape index (κ3) is 2.83. The topological polar surface area (TPSA) is 63.7 Å². The van der Waals surface area contributed by atoms with E-state index < -0.39 is 0 Å². The van der Waals surface area contributed by atoms with Crippen LogP contribution >= 0.6 is 0 Å². The van der Waals surface area contributed by atoms with Crippen LogP contribution < -0.4 is 4.74 Å². The molecular formula is C15H14N4O. The molecule has 1 N–H and O–H groups in total. The average Bonchev–Trinajstić information content (AvgIpc) is 3.01. The van der Waals surface area contributed by atoms with Crippen LogP contribution in [0.3, 0.4) is 0 Å². The van der Waals surface area contributed by atoms with E-state index in [0.29, 0.717) is 12.4 Å². The van der Waals surface area contributed by atoms with Crippen LogP contribution in [0.5, 0.6) is 5.75 Å². The summed E-state index contributed by atoms with van der Waals surface area (Å²) in [5, 5.41) is 13.9. The Morgan fingerprint density at radius 2 is 1.95 bits per heavy atom. The fourth-order valence-corrected chi connectivity index (χ4v) is 1.86. The van der Waals surface area contributed by atoms with Gasteiger partial charge in [-0.2, -0.15) is 5.21 Å². The van der Waals surface area contributed by atoms with Gasteiger partial charge in [-0.05, 0) is 29.8 Å². The molecule has 0 radical (unpaired) electrons. The zero-order chi connectivity index (χ0) is 13.8. The Hall–Kier alpha value is -2.69. The maximum absolute atomic E-state index is 5.78. The van der Waals surface area contributed by atoms with E-state index in [9.17, 15) is 0 Å². The number of benzene rings is 2. The predicted molar refractivity (Wildman–Crippen MR) is 75.1 cm³/mol. The van der Waals surface area contributed by atoms with Gasteiger partial charge in [-0.25, -0.2) is 0 Å². The lowest BCUT2D eigenvalue weighted by Gasteiger charge is -2.07. The minimum Gasteiger partial charge on any atom is -0.489 e. The molecule has 1 aromatic heterocycles. The maximum atomic E-state index is 5.78. The van der Waals surface area contributed by atoms with Crippen LogP contribution in [-0.2, 0) is 6.61 Å². The molecule has 3 rings (SSSR count). The monoisotopic (exact) mass is 266 g/mol. The van der Waals surface area contributed by atoms with E-state index in [0.717, 1.165) is 16.9 Å². The summed E-state index contributed by atoms with van der Waals surface area (Å²) in [6.45, 7) is 2.61. The van der Waals surface area contributed by atoms with Gasteiger partial charge in [0.1, 0.15) is 12.4 Å². The summed E-state index contributed by atoms with van der Waals surface area (Å²) in [5.41, 5.74) is 3.26. The smallest absolute Gasteiger partial charge is 0.204 e. The number of tetrazole rings is 1. The molecule has 2 aromatic carbocycles. The Balaban J connectivity index is 1.72. The van der Waals surface area contributed by atoms with Gasteiger partial charge in [-0.3, -0.25) is 0 Å². The van der Waals surface area contributed by atoms with E-state index in [-0.39, 0.29) is 0 Å². The first-order chi connectivity index (χ1) is 9.81.